The molecule has 6 heteroatoms. The number of aliphatic carboxylic acids is 1. The molecule has 0 saturated heterocycles. The average Bonchev–Trinajstić information content (AvgIpc) is 2.48. The third kappa shape index (κ3) is 4.30. The van der Waals surface area contributed by atoms with Gasteiger partial charge in [-0.25, -0.2) is 4.39 Å². The summed E-state index contributed by atoms with van der Waals surface area (Å²) in [7, 11) is 0. The van der Waals surface area contributed by atoms with Crippen molar-refractivity contribution >= 4 is 23.5 Å². The predicted molar refractivity (Wildman–Crippen MR) is 80.2 cm³/mol. The highest BCUT2D eigenvalue weighted by Crippen LogP contribution is 2.14. The minimum absolute atomic E-state index is 0.0774. The van der Waals surface area contributed by atoms with Gasteiger partial charge in [0, 0.05) is 17.1 Å². The second-order valence-corrected chi connectivity index (χ2v) is 5.12. The summed E-state index contributed by atoms with van der Waals surface area (Å²) < 4.78 is 12.9. The quantitative estimate of drug-likeness (QED) is 0.920. The summed E-state index contributed by atoms with van der Waals surface area (Å²) in [5.41, 5.74) is 0.984. The Morgan fingerprint density at radius 3 is 2.18 bits per heavy atom. The first kappa shape index (κ1) is 16.0. The second-order valence-electron chi connectivity index (χ2n) is 4.69. The third-order valence-corrected chi connectivity index (χ3v) is 3.24. The number of carbonyl (C=O) groups excluding carboxylic acids is 1. The maximum Gasteiger partial charge on any atom is 0.323 e. The zero-order valence-electron chi connectivity index (χ0n) is 11.5. The van der Waals surface area contributed by atoms with E-state index < -0.39 is 24.2 Å². The zero-order chi connectivity index (χ0) is 16.1. The molecule has 2 aromatic rings. The Bertz CT molecular complexity index is 671. The minimum atomic E-state index is -1.12. The molecule has 22 heavy (non-hydrogen) atoms. The molecule has 0 bridgehead atoms. The number of carboxylic acids is 1. The van der Waals surface area contributed by atoms with Crippen molar-refractivity contribution in [2.45, 2.75) is 6.54 Å². The van der Waals surface area contributed by atoms with Crippen molar-refractivity contribution in [3.8, 4) is 0 Å². The molecular weight excluding hydrogens is 309 g/mol. The summed E-state index contributed by atoms with van der Waals surface area (Å²) in [6.45, 7) is -0.368. The molecule has 0 atom stereocenters. The van der Waals surface area contributed by atoms with Crippen molar-refractivity contribution in [2.24, 2.45) is 0 Å². The van der Waals surface area contributed by atoms with Gasteiger partial charge in [0.15, 0.2) is 0 Å². The lowest BCUT2D eigenvalue weighted by Crippen LogP contribution is -2.35. The van der Waals surface area contributed by atoms with Gasteiger partial charge in [0.1, 0.15) is 12.4 Å². The van der Waals surface area contributed by atoms with Crippen LogP contribution in [0.2, 0.25) is 5.02 Å². The first-order valence-corrected chi connectivity index (χ1v) is 6.84. The molecule has 0 aliphatic rings. The van der Waals surface area contributed by atoms with Crippen LogP contribution < -0.4 is 0 Å². The molecule has 0 aliphatic carbocycles. The Morgan fingerprint density at radius 2 is 1.64 bits per heavy atom. The average molecular weight is 322 g/mol. The molecule has 0 fully saturated rings. The van der Waals surface area contributed by atoms with E-state index in [0.717, 1.165) is 0 Å². The van der Waals surface area contributed by atoms with E-state index in [4.69, 9.17) is 16.7 Å². The van der Waals surface area contributed by atoms with Crippen molar-refractivity contribution in [2.75, 3.05) is 6.54 Å². The van der Waals surface area contributed by atoms with Crippen molar-refractivity contribution in [3.05, 3.63) is 70.5 Å². The summed E-state index contributed by atoms with van der Waals surface area (Å²) in [6, 6.07) is 11.7. The Kier molecular flexibility index (Phi) is 5.12. The summed E-state index contributed by atoms with van der Waals surface area (Å²) in [4.78, 5) is 24.6. The smallest absolute Gasteiger partial charge is 0.323 e. The van der Waals surface area contributed by atoms with Crippen molar-refractivity contribution in [1.29, 1.82) is 0 Å². The molecule has 2 rings (SSSR count). The normalized spacial score (nSPS) is 10.3. The summed E-state index contributed by atoms with van der Waals surface area (Å²) in [6.07, 6.45) is 0. The van der Waals surface area contributed by atoms with Crippen LogP contribution in [0, 0.1) is 5.82 Å². The first-order chi connectivity index (χ1) is 10.5. The molecule has 0 unspecified atom stereocenters. The standard InChI is InChI=1S/C16H13ClFNO3/c17-13-5-3-12(4-6-13)16(22)19(10-15(20)21)9-11-1-7-14(18)8-2-11/h1-8H,9-10H2,(H,20,21). The number of nitrogens with zero attached hydrogens (tertiary/aromatic N) is 1. The Morgan fingerprint density at radius 1 is 1.05 bits per heavy atom. The van der Waals surface area contributed by atoms with E-state index in [0.29, 0.717) is 16.1 Å². The fourth-order valence-electron chi connectivity index (χ4n) is 1.95. The molecular formula is C16H13ClFNO3. The van der Waals surface area contributed by atoms with Gasteiger partial charge in [-0.1, -0.05) is 23.7 Å². The predicted octanol–water partition coefficient (Wildman–Crippen LogP) is 3.21. The number of amides is 1. The second kappa shape index (κ2) is 7.04. The van der Waals surface area contributed by atoms with Crippen LogP contribution in [-0.2, 0) is 11.3 Å². The molecule has 0 heterocycles. The summed E-state index contributed by atoms with van der Waals surface area (Å²) in [5, 5.41) is 9.46. The number of hydrogen-bond donors (Lipinski definition) is 1. The maximum atomic E-state index is 12.9. The maximum absolute atomic E-state index is 12.9. The highest BCUT2D eigenvalue weighted by molar-refractivity contribution is 6.30. The fourth-order valence-corrected chi connectivity index (χ4v) is 2.07. The molecule has 0 aliphatic heterocycles. The van der Waals surface area contributed by atoms with Crippen molar-refractivity contribution in [1.82, 2.24) is 4.90 Å². The molecule has 114 valence electrons. The van der Waals surface area contributed by atoms with Gasteiger partial charge in [-0.3, -0.25) is 9.59 Å². The van der Waals surface area contributed by atoms with Crippen molar-refractivity contribution < 1.29 is 19.1 Å². The molecule has 1 N–H and O–H groups in total. The van der Waals surface area contributed by atoms with Crippen LogP contribution in [0.5, 0.6) is 0 Å². The van der Waals surface area contributed by atoms with Crippen LogP contribution in [0.4, 0.5) is 4.39 Å². The van der Waals surface area contributed by atoms with Gasteiger partial charge in [0.25, 0.3) is 5.91 Å². The van der Waals surface area contributed by atoms with Crippen LogP contribution in [0.25, 0.3) is 0 Å². The van der Waals surface area contributed by atoms with E-state index in [-0.39, 0.29) is 6.54 Å². The summed E-state index contributed by atoms with van der Waals surface area (Å²) in [5.74, 6) is -1.94. The fraction of sp³-hybridized carbons (Fsp3) is 0.125. The highest BCUT2D eigenvalue weighted by Gasteiger charge is 2.19. The molecule has 4 nitrogen and oxygen atoms in total. The number of halogens is 2. The van der Waals surface area contributed by atoms with Crippen molar-refractivity contribution in [3.63, 3.8) is 0 Å². The molecule has 2 aromatic carbocycles. The lowest BCUT2D eigenvalue weighted by Gasteiger charge is -2.21. The largest absolute Gasteiger partial charge is 0.480 e. The lowest BCUT2D eigenvalue weighted by molar-refractivity contribution is -0.137. The lowest BCUT2D eigenvalue weighted by atomic mass is 10.1. The molecule has 0 aromatic heterocycles. The number of carbonyl (C=O) groups is 2. The SMILES string of the molecule is O=C(O)CN(Cc1ccc(F)cc1)C(=O)c1ccc(Cl)cc1. The molecule has 0 saturated carbocycles. The summed E-state index contributed by atoms with van der Waals surface area (Å²) >= 11 is 5.77. The number of carboxylic acid groups (broad SMARTS) is 1. The minimum Gasteiger partial charge on any atom is -0.480 e. The van der Waals surface area contributed by atoms with E-state index in [9.17, 15) is 14.0 Å². The van der Waals surface area contributed by atoms with Crippen LogP contribution in [-0.4, -0.2) is 28.4 Å². The van der Waals surface area contributed by atoms with Gasteiger partial charge >= 0.3 is 5.97 Å². The molecule has 1 amide bonds. The Balaban J connectivity index is 2.21. The first-order valence-electron chi connectivity index (χ1n) is 6.47. The van der Waals surface area contributed by atoms with Gasteiger partial charge in [-0.15, -0.1) is 0 Å². The van der Waals surface area contributed by atoms with Crippen LogP contribution in [0.3, 0.4) is 0 Å². The van der Waals surface area contributed by atoms with E-state index in [1.807, 2.05) is 0 Å². The molecule has 0 spiro atoms. The van der Waals surface area contributed by atoms with Gasteiger partial charge in [-0.05, 0) is 42.0 Å². The Labute approximate surface area is 131 Å². The Hall–Kier alpha value is -2.40. The highest BCUT2D eigenvalue weighted by atomic mass is 35.5. The zero-order valence-corrected chi connectivity index (χ0v) is 12.3. The third-order valence-electron chi connectivity index (χ3n) is 2.99. The van der Waals surface area contributed by atoms with Crippen LogP contribution in [0.1, 0.15) is 15.9 Å². The van der Waals surface area contributed by atoms with Gasteiger partial charge in [0.2, 0.25) is 0 Å². The topological polar surface area (TPSA) is 57.6 Å². The van der Waals surface area contributed by atoms with Gasteiger partial charge in [-0.2, -0.15) is 0 Å². The number of benzene rings is 2. The van der Waals surface area contributed by atoms with Crippen LogP contribution >= 0.6 is 11.6 Å². The van der Waals surface area contributed by atoms with Gasteiger partial charge in [0.05, 0.1) is 0 Å². The van der Waals surface area contributed by atoms with E-state index in [2.05, 4.69) is 0 Å². The number of rotatable bonds is 5. The van der Waals surface area contributed by atoms with E-state index in [1.165, 1.54) is 41.3 Å². The van der Waals surface area contributed by atoms with Crippen LogP contribution in [0.15, 0.2) is 48.5 Å². The van der Waals surface area contributed by atoms with E-state index >= 15 is 0 Å². The monoisotopic (exact) mass is 321 g/mol. The number of hydrogen-bond acceptors (Lipinski definition) is 2. The van der Waals surface area contributed by atoms with Gasteiger partial charge < -0.3 is 10.0 Å². The molecule has 0 radical (unpaired) electrons. The van der Waals surface area contributed by atoms with E-state index in [1.54, 1.807) is 12.1 Å².